The van der Waals surface area contributed by atoms with Gasteiger partial charge in [-0.15, -0.1) is 0 Å². The monoisotopic (exact) mass is 390 g/mol. The van der Waals surface area contributed by atoms with Crippen LogP contribution in [0.15, 0.2) is 36.4 Å². The Labute approximate surface area is 160 Å². The Balaban J connectivity index is 1.90. The minimum absolute atomic E-state index is 0.0767. The van der Waals surface area contributed by atoms with Gasteiger partial charge in [0.1, 0.15) is 11.1 Å². The average Bonchev–Trinajstić information content (AvgIpc) is 2.70. The second-order valence-electron chi connectivity index (χ2n) is 5.40. The van der Waals surface area contributed by atoms with E-state index in [1.165, 1.54) is 50.6 Å². The predicted molar refractivity (Wildman–Crippen MR) is 94.9 cm³/mol. The first kappa shape index (κ1) is 20.6. The van der Waals surface area contributed by atoms with Crippen molar-refractivity contribution in [3.05, 3.63) is 47.5 Å². The second-order valence-corrected chi connectivity index (χ2v) is 5.40. The molecule has 0 aromatic heterocycles. The summed E-state index contributed by atoms with van der Waals surface area (Å²) in [6.45, 7) is -1.35. The van der Waals surface area contributed by atoms with Crippen LogP contribution < -0.4 is 9.47 Å². The quantitative estimate of drug-likeness (QED) is 0.647. The highest BCUT2D eigenvalue weighted by atomic mass is 16.6. The SMILES string of the molecule is COc1cccc(C(=O)OCC(=O)COC(=O)c2cccc(OC)c2O)c1O. The second kappa shape index (κ2) is 9.26. The average molecular weight is 390 g/mol. The van der Waals surface area contributed by atoms with Gasteiger partial charge in [-0.05, 0) is 24.3 Å². The van der Waals surface area contributed by atoms with Crippen LogP contribution in [0.4, 0.5) is 0 Å². The van der Waals surface area contributed by atoms with E-state index in [4.69, 9.17) is 18.9 Å². The molecule has 2 aromatic carbocycles. The first-order valence-electron chi connectivity index (χ1n) is 7.97. The lowest BCUT2D eigenvalue weighted by molar-refractivity contribution is -0.125. The van der Waals surface area contributed by atoms with Crippen LogP contribution in [-0.2, 0) is 14.3 Å². The zero-order chi connectivity index (χ0) is 20.7. The molecular formula is C19H18O9. The van der Waals surface area contributed by atoms with Gasteiger partial charge in [0.2, 0.25) is 5.78 Å². The summed E-state index contributed by atoms with van der Waals surface area (Å²) in [6, 6.07) is 8.45. The number of ketones is 1. The fourth-order valence-corrected chi connectivity index (χ4v) is 2.19. The Morgan fingerprint density at radius 2 is 1.14 bits per heavy atom. The Kier molecular flexibility index (Phi) is 6.80. The molecule has 0 fully saturated rings. The number of carbonyl (C=O) groups is 3. The molecule has 28 heavy (non-hydrogen) atoms. The number of carbonyl (C=O) groups excluding carboxylic acids is 3. The number of phenolic OH excluding ortho intramolecular Hbond substituents is 2. The number of hydrogen-bond donors (Lipinski definition) is 2. The maximum absolute atomic E-state index is 12.0. The number of hydrogen-bond acceptors (Lipinski definition) is 9. The van der Waals surface area contributed by atoms with Crippen molar-refractivity contribution in [2.75, 3.05) is 27.4 Å². The highest BCUT2D eigenvalue weighted by Crippen LogP contribution is 2.30. The maximum atomic E-state index is 12.0. The number of ether oxygens (including phenoxy) is 4. The van der Waals surface area contributed by atoms with Gasteiger partial charge in [0.25, 0.3) is 0 Å². The molecule has 2 N–H and O–H groups in total. The molecule has 0 amide bonds. The highest BCUT2D eigenvalue weighted by molar-refractivity contribution is 5.96. The summed E-state index contributed by atoms with van der Waals surface area (Å²) in [7, 11) is 2.64. The molecule has 0 spiro atoms. The summed E-state index contributed by atoms with van der Waals surface area (Å²) in [5.41, 5.74) is -0.351. The molecule has 0 unspecified atom stereocenters. The lowest BCUT2D eigenvalue weighted by Crippen LogP contribution is -2.20. The molecule has 0 heterocycles. The van der Waals surface area contributed by atoms with E-state index < -0.39 is 42.4 Å². The molecular weight excluding hydrogens is 372 g/mol. The Bertz CT molecular complexity index is 817. The summed E-state index contributed by atoms with van der Waals surface area (Å²) < 4.78 is 19.4. The van der Waals surface area contributed by atoms with E-state index in [0.29, 0.717) is 0 Å². The van der Waals surface area contributed by atoms with Crippen LogP contribution >= 0.6 is 0 Å². The molecule has 2 rings (SSSR count). The molecule has 0 radical (unpaired) electrons. The number of methoxy groups -OCH3 is 2. The van der Waals surface area contributed by atoms with Crippen LogP contribution in [-0.4, -0.2) is 55.4 Å². The van der Waals surface area contributed by atoms with Crippen molar-refractivity contribution in [2.24, 2.45) is 0 Å². The van der Waals surface area contributed by atoms with Crippen molar-refractivity contribution in [1.29, 1.82) is 0 Å². The van der Waals surface area contributed by atoms with Gasteiger partial charge in [-0.3, -0.25) is 4.79 Å². The van der Waals surface area contributed by atoms with Crippen LogP contribution in [0.3, 0.4) is 0 Å². The molecule has 9 heteroatoms. The van der Waals surface area contributed by atoms with E-state index in [2.05, 4.69) is 0 Å². The number of rotatable bonds is 8. The predicted octanol–water partition coefficient (Wildman–Crippen LogP) is 1.70. The third-order valence-corrected chi connectivity index (χ3v) is 3.61. The molecule has 0 saturated heterocycles. The van der Waals surface area contributed by atoms with Gasteiger partial charge < -0.3 is 29.2 Å². The summed E-state index contributed by atoms with van der Waals surface area (Å²) >= 11 is 0. The van der Waals surface area contributed by atoms with Gasteiger partial charge in [-0.2, -0.15) is 0 Å². The van der Waals surface area contributed by atoms with Crippen molar-refractivity contribution in [3.63, 3.8) is 0 Å². The first-order valence-corrected chi connectivity index (χ1v) is 7.97. The summed E-state index contributed by atoms with van der Waals surface area (Å²) in [6.07, 6.45) is 0. The molecule has 9 nitrogen and oxygen atoms in total. The number of esters is 2. The van der Waals surface area contributed by atoms with Gasteiger partial charge >= 0.3 is 11.9 Å². The number of aromatic hydroxyl groups is 2. The van der Waals surface area contributed by atoms with Gasteiger partial charge in [-0.25, -0.2) is 9.59 Å². The van der Waals surface area contributed by atoms with Crippen molar-refractivity contribution in [2.45, 2.75) is 0 Å². The molecule has 0 aliphatic rings. The standard InChI is InChI=1S/C19H18O9/c1-25-14-7-3-5-12(16(14)21)18(23)27-9-11(20)10-28-19(24)13-6-4-8-15(26-2)17(13)22/h3-8,21-22H,9-10H2,1-2H3. The third-order valence-electron chi connectivity index (χ3n) is 3.61. The Hall–Kier alpha value is -3.75. The molecule has 0 saturated carbocycles. The topological polar surface area (TPSA) is 129 Å². The molecule has 2 aromatic rings. The van der Waals surface area contributed by atoms with E-state index in [1.807, 2.05) is 0 Å². The van der Waals surface area contributed by atoms with Crippen molar-refractivity contribution >= 4 is 17.7 Å². The lowest BCUT2D eigenvalue weighted by atomic mass is 10.2. The fourth-order valence-electron chi connectivity index (χ4n) is 2.19. The minimum Gasteiger partial charge on any atom is -0.504 e. The summed E-state index contributed by atoms with van der Waals surface area (Å²) in [4.78, 5) is 35.7. The van der Waals surface area contributed by atoms with Gasteiger partial charge in [0.15, 0.2) is 36.2 Å². The van der Waals surface area contributed by atoms with Crippen LogP contribution in [0.1, 0.15) is 20.7 Å². The van der Waals surface area contributed by atoms with Gasteiger partial charge in [-0.1, -0.05) is 12.1 Å². The highest BCUT2D eigenvalue weighted by Gasteiger charge is 2.20. The number of para-hydroxylation sites is 2. The Morgan fingerprint density at radius 3 is 1.50 bits per heavy atom. The van der Waals surface area contributed by atoms with Crippen LogP contribution in [0.5, 0.6) is 23.0 Å². The number of phenols is 2. The van der Waals surface area contributed by atoms with Gasteiger partial charge in [0.05, 0.1) is 14.2 Å². The molecule has 0 aliphatic carbocycles. The van der Waals surface area contributed by atoms with E-state index in [9.17, 15) is 24.6 Å². The lowest BCUT2D eigenvalue weighted by Gasteiger charge is -2.10. The van der Waals surface area contributed by atoms with E-state index in [-0.39, 0.29) is 22.6 Å². The van der Waals surface area contributed by atoms with Crippen molar-refractivity contribution < 1.29 is 43.5 Å². The molecule has 0 aliphatic heterocycles. The van der Waals surface area contributed by atoms with E-state index >= 15 is 0 Å². The zero-order valence-electron chi connectivity index (χ0n) is 15.1. The third kappa shape index (κ3) is 4.70. The first-order chi connectivity index (χ1) is 13.4. The smallest absolute Gasteiger partial charge is 0.342 e. The minimum atomic E-state index is -0.943. The normalized spacial score (nSPS) is 10.1. The van der Waals surface area contributed by atoms with Crippen LogP contribution in [0.25, 0.3) is 0 Å². The summed E-state index contributed by atoms with van der Waals surface area (Å²) in [5.74, 6) is -3.26. The van der Waals surface area contributed by atoms with Crippen molar-refractivity contribution in [1.82, 2.24) is 0 Å². The molecule has 0 bridgehead atoms. The molecule has 0 atom stereocenters. The maximum Gasteiger partial charge on any atom is 0.342 e. The molecule has 148 valence electrons. The van der Waals surface area contributed by atoms with Crippen LogP contribution in [0, 0.1) is 0 Å². The van der Waals surface area contributed by atoms with Crippen LogP contribution in [0.2, 0.25) is 0 Å². The fraction of sp³-hybridized carbons (Fsp3) is 0.211. The largest absolute Gasteiger partial charge is 0.504 e. The van der Waals surface area contributed by atoms with Gasteiger partial charge in [0, 0.05) is 0 Å². The van der Waals surface area contributed by atoms with E-state index in [1.54, 1.807) is 0 Å². The number of Topliss-reactive ketones (excluding diaryl/α,β-unsaturated/α-hetero) is 1. The number of benzene rings is 2. The zero-order valence-corrected chi connectivity index (χ0v) is 15.1. The Morgan fingerprint density at radius 1 is 0.750 bits per heavy atom. The summed E-state index contributed by atoms with van der Waals surface area (Å²) in [5, 5.41) is 19.8. The van der Waals surface area contributed by atoms with Crippen molar-refractivity contribution in [3.8, 4) is 23.0 Å². The van der Waals surface area contributed by atoms with E-state index in [0.717, 1.165) is 0 Å².